The SMILES string of the molecule is CC1CN(C(C)CO)C(=O)Cc2cc(NC(=O)Nc3ccnc(N4CCOCC4)c3)ccc2OC1CNCc1ccncc1. The highest BCUT2D eigenvalue weighted by Crippen LogP contribution is 2.29. The van der Waals surface area contributed by atoms with Gasteiger partial charge in [-0.05, 0) is 48.9 Å². The van der Waals surface area contributed by atoms with E-state index in [0.717, 1.165) is 24.5 Å². The zero-order valence-electron chi connectivity index (χ0n) is 25.2. The van der Waals surface area contributed by atoms with E-state index in [4.69, 9.17) is 9.47 Å². The van der Waals surface area contributed by atoms with E-state index in [-0.39, 0.29) is 37.0 Å². The number of morpholine rings is 1. The van der Waals surface area contributed by atoms with Gasteiger partial charge in [-0.3, -0.25) is 9.78 Å². The van der Waals surface area contributed by atoms with E-state index in [2.05, 4.69) is 37.7 Å². The number of nitrogens with zero attached hydrogens (tertiary/aromatic N) is 4. The lowest BCUT2D eigenvalue weighted by atomic mass is 10.0. The molecule has 2 aliphatic rings. The van der Waals surface area contributed by atoms with Crippen LogP contribution in [0.3, 0.4) is 0 Å². The highest BCUT2D eigenvalue weighted by Gasteiger charge is 2.30. The normalized spacial score (nSPS) is 19.6. The van der Waals surface area contributed by atoms with E-state index >= 15 is 0 Å². The van der Waals surface area contributed by atoms with Crippen LogP contribution < -0.4 is 25.6 Å². The summed E-state index contributed by atoms with van der Waals surface area (Å²) in [6.45, 7) is 8.18. The molecule has 3 unspecified atom stereocenters. The fraction of sp³-hybridized carbons (Fsp3) is 0.438. The summed E-state index contributed by atoms with van der Waals surface area (Å²) in [7, 11) is 0. The number of amides is 3. The van der Waals surface area contributed by atoms with Crippen molar-refractivity contribution in [2.75, 3.05) is 61.5 Å². The molecular formula is C32H41N7O5. The zero-order chi connectivity index (χ0) is 30.9. The van der Waals surface area contributed by atoms with Crippen molar-refractivity contribution in [3.05, 3.63) is 72.2 Å². The van der Waals surface area contributed by atoms with Gasteiger partial charge in [0.05, 0.1) is 32.3 Å². The van der Waals surface area contributed by atoms with E-state index < -0.39 is 6.03 Å². The molecule has 4 heterocycles. The summed E-state index contributed by atoms with van der Waals surface area (Å²) in [6.07, 6.45) is 5.02. The van der Waals surface area contributed by atoms with Crippen LogP contribution in [0.1, 0.15) is 25.0 Å². The Bertz CT molecular complexity index is 1400. The second-order valence-electron chi connectivity index (χ2n) is 11.3. The van der Waals surface area contributed by atoms with Gasteiger partial charge in [-0.1, -0.05) is 6.92 Å². The Kier molecular flexibility index (Phi) is 10.6. The smallest absolute Gasteiger partial charge is 0.323 e. The van der Waals surface area contributed by atoms with Crippen molar-refractivity contribution in [3.8, 4) is 5.75 Å². The van der Waals surface area contributed by atoms with Gasteiger partial charge in [0.1, 0.15) is 17.7 Å². The summed E-state index contributed by atoms with van der Waals surface area (Å²) in [5.41, 5.74) is 2.92. The van der Waals surface area contributed by atoms with Crippen LogP contribution in [0.25, 0.3) is 0 Å². The van der Waals surface area contributed by atoms with Crippen molar-refractivity contribution < 1.29 is 24.2 Å². The number of aromatic nitrogens is 2. The Morgan fingerprint density at radius 2 is 1.82 bits per heavy atom. The Morgan fingerprint density at radius 1 is 1.07 bits per heavy atom. The Morgan fingerprint density at radius 3 is 2.57 bits per heavy atom. The first-order chi connectivity index (χ1) is 21.4. The number of fused-ring (bicyclic) bond motifs is 1. The van der Waals surface area contributed by atoms with E-state index in [0.29, 0.717) is 55.5 Å². The van der Waals surface area contributed by atoms with Gasteiger partial charge < -0.3 is 40.3 Å². The highest BCUT2D eigenvalue weighted by atomic mass is 16.5. The molecule has 2 aromatic heterocycles. The van der Waals surface area contributed by atoms with Crippen LogP contribution >= 0.6 is 0 Å². The number of hydrogen-bond donors (Lipinski definition) is 4. The average Bonchev–Trinajstić information content (AvgIpc) is 3.09. The number of ether oxygens (including phenoxy) is 2. The molecule has 1 fully saturated rings. The largest absolute Gasteiger partial charge is 0.488 e. The van der Waals surface area contributed by atoms with E-state index in [1.165, 1.54) is 0 Å². The van der Waals surface area contributed by atoms with E-state index in [1.54, 1.807) is 47.8 Å². The van der Waals surface area contributed by atoms with E-state index in [1.807, 2.05) is 25.1 Å². The van der Waals surface area contributed by atoms with Gasteiger partial charge in [-0.2, -0.15) is 0 Å². The number of urea groups is 1. The first-order valence-electron chi connectivity index (χ1n) is 15.1. The minimum atomic E-state index is -0.415. The number of carbonyl (C=O) groups is 2. The molecule has 1 saturated heterocycles. The second-order valence-corrected chi connectivity index (χ2v) is 11.3. The number of carbonyl (C=O) groups excluding carboxylic acids is 2. The summed E-state index contributed by atoms with van der Waals surface area (Å²) in [6, 6.07) is 12.1. The maximum absolute atomic E-state index is 13.5. The number of nitrogens with one attached hydrogen (secondary N) is 3. The molecule has 44 heavy (non-hydrogen) atoms. The molecule has 0 radical (unpaired) electrons. The summed E-state index contributed by atoms with van der Waals surface area (Å²) in [5, 5.41) is 19.1. The number of aliphatic hydroxyl groups excluding tert-OH is 1. The summed E-state index contributed by atoms with van der Waals surface area (Å²) in [5.74, 6) is 1.24. The number of rotatable bonds is 9. The fourth-order valence-corrected chi connectivity index (χ4v) is 5.37. The van der Waals surface area contributed by atoms with Gasteiger partial charge in [0, 0.05) is 80.2 Å². The molecule has 3 amide bonds. The minimum Gasteiger partial charge on any atom is -0.488 e. The van der Waals surface area contributed by atoms with Gasteiger partial charge >= 0.3 is 6.03 Å². The average molecular weight is 604 g/mol. The van der Waals surface area contributed by atoms with Gasteiger partial charge in [-0.25, -0.2) is 9.78 Å². The lowest BCUT2D eigenvalue weighted by Crippen LogP contribution is -2.47. The molecule has 5 rings (SSSR count). The molecule has 0 bridgehead atoms. The predicted molar refractivity (Wildman–Crippen MR) is 168 cm³/mol. The number of pyridine rings is 2. The molecule has 234 valence electrons. The molecule has 0 spiro atoms. The third-order valence-corrected chi connectivity index (χ3v) is 7.94. The molecule has 0 aliphatic carbocycles. The van der Waals surface area contributed by atoms with Gasteiger partial charge in [-0.15, -0.1) is 0 Å². The van der Waals surface area contributed by atoms with Crippen molar-refractivity contribution in [3.63, 3.8) is 0 Å². The highest BCUT2D eigenvalue weighted by molar-refractivity contribution is 6.00. The summed E-state index contributed by atoms with van der Waals surface area (Å²) >= 11 is 0. The van der Waals surface area contributed by atoms with Crippen molar-refractivity contribution in [2.45, 2.75) is 39.0 Å². The van der Waals surface area contributed by atoms with Crippen LogP contribution in [0.2, 0.25) is 0 Å². The summed E-state index contributed by atoms with van der Waals surface area (Å²) < 4.78 is 12.0. The second kappa shape index (κ2) is 15.0. The molecule has 3 aromatic rings. The molecule has 1 aromatic carbocycles. The van der Waals surface area contributed by atoms with Crippen molar-refractivity contribution in [1.82, 2.24) is 20.2 Å². The number of benzene rings is 1. The van der Waals surface area contributed by atoms with Crippen LogP contribution in [0.4, 0.5) is 22.0 Å². The van der Waals surface area contributed by atoms with Crippen LogP contribution in [-0.4, -0.2) is 90.1 Å². The molecule has 12 nitrogen and oxygen atoms in total. The molecule has 2 aliphatic heterocycles. The van der Waals surface area contributed by atoms with Crippen molar-refractivity contribution >= 4 is 29.1 Å². The van der Waals surface area contributed by atoms with Gasteiger partial charge in [0.25, 0.3) is 0 Å². The lowest BCUT2D eigenvalue weighted by molar-refractivity contribution is -0.134. The van der Waals surface area contributed by atoms with Crippen molar-refractivity contribution in [2.24, 2.45) is 5.92 Å². The van der Waals surface area contributed by atoms with Gasteiger partial charge in [0.15, 0.2) is 0 Å². The number of aliphatic hydroxyl groups is 1. The molecular weight excluding hydrogens is 562 g/mol. The maximum Gasteiger partial charge on any atom is 0.323 e. The zero-order valence-corrected chi connectivity index (χ0v) is 25.2. The monoisotopic (exact) mass is 603 g/mol. The lowest BCUT2D eigenvalue weighted by Gasteiger charge is -2.32. The molecule has 0 saturated carbocycles. The topological polar surface area (TPSA) is 141 Å². The van der Waals surface area contributed by atoms with Crippen LogP contribution in [0.15, 0.2) is 61.1 Å². The van der Waals surface area contributed by atoms with Crippen LogP contribution in [-0.2, 0) is 22.5 Å². The van der Waals surface area contributed by atoms with Gasteiger partial charge in [0.2, 0.25) is 5.91 Å². The number of anilines is 3. The third kappa shape index (κ3) is 8.22. The standard InChI is InChI=1S/C32H41N7O5/c1-22-20-39(23(2)21-40)31(41)16-25-15-26(3-4-28(25)44-29(22)19-34-18-24-5-8-33-9-6-24)36-32(42)37-27-7-10-35-30(17-27)38-11-13-43-14-12-38/h3-10,15,17,22-23,29,34,40H,11-14,16,18-21H2,1-2H3,(H2,35,36,37,42). The maximum atomic E-state index is 13.5. The minimum absolute atomic E-state index is 0.0184. The number of hydrogen-bond acceptors (Lipinski definition) is 9. The molecule has 3 atom stereocenters. The third-order valence-electron chi connectivity index (χ3n) is 7.94. The predicted octanol–water partition coefficient (Wildman–Crippen LogP) is 2.90. The van der Waals surface area contributed by atoms with Crippen molar-refractivity contribution in [1.29, 1.82) is 0 Å². The van der Waals surface area contributed by atoms with Crippen LogP contribution in [0.5, 0.6) is 5.75 Å². The Labute approximate surface area is 257 Å². The fourth-order valence-electron chi connectivity index (χ4n) is 5.37. The summed E-state index contributed by atoms with van der Waals surface area (Å²) in [4.78, 5) is 38.8. The first kappa shape index (κ1) is 31.2. The Hall–Kier alpha value is -4.26. The Balaban J connectivity index is 1.30. The quantitative estimate of drug-likeness (QED) is 0.291. The first-order valence-corrected chi connectivity index (χ1v) is 15.1. The van der Waals surface area contributed by atoms with E-state index in [9.17, 15) is 14.7 Å². The molecule has 12 heteroatoms. The molecule has 4 N–H and O–H groups in total. The van der Waals surface area contributed by atoms with Crippen LogP contribution in [0, 0.1) is 5.92 Å².